The van der Waals surface area contributed by atoms with Crippen LogP contribution in [-0.4, -0.2) is 89.0 Å². The van der Waals surface area contributed by atoms with Crippen molar-refractivity contribution in [3.05, 3.63) is 126 Å². The molecule has 0 radical (unpaired) electrons. The van der Waals surface area contributed by atoms with Crippen LogP contribution in [0.5, 0.6) is 17.2 Å². The third-order valence-corrected chi connectivity index (χ3v) is 8.30. The molecule has 0 spiro atoms. The van der Waals surface area contributed by atoms with E-state index < -0.39 is 24.1 Å². The Morgan fingerprint density at radius 2 is 1.22 bits per heavy atom. The molecule has 1 aromatic heterocycles. The third-order valence-electron chi connectivity index (χ3n) is 8.30. The zero-order chi connectivity index (χ0) is 43.0. The predicted molar refractivity (Wildman–Crippen MR) is 225 cm³/mol. The minimum atomic E-state index is -0.987. The third kappa shape index (κ3) is 16.3. The number of rotatable bonds is 24. The fraction of sp³-hybridized carbons (Fsp3) is 0.333. The van der Waals surface area contributed by atoms with E-state index in [4.69, 9.17) is 38.1 Å². The van der Waals surface area contributed by atoms with E-state index in [0.29, 0.717) is 62.4 Å². The van der Waals surface area contributed by atoms with E-state index in [9.17, 15) is 14.7 Å². The molecule has 5 rings (SSSR count). The molecule has 60 heavy (non-hydrogen) atoms. The van der Waals surface area contributed by atoms with Crippen LogP contribution in [0.4, 0.5) is 0 Å². The Bertz CT molecular complexity index is 2060. The van der Waals surface area contributed by atoms with Crippen LogP contribution in [0.1, 0.15) is 57.6 Å². The standard InChI is InChI=1S/C24H27N3O6.C21H25NO5/c1-3-14-32-27-20(23-26-25-22(33-23)18-8-6-5-7-9-18)16-31-19-12-10-17(11-13-19)15-21(24(28)29)30-4-2;1-3-25-20(21(23)24)15-17-9-11-18(12-10-17)26-14-13-16(2)22-27-19-7-5-4-6-8-19/h5-13,21H,3-4,14-16H2,1-2H3,(H,28,29);4-12,20H,3,13-15H2,1-2H3,(H,23,24). The molecule has 1 heterocycles. The zero-order valence-electron chi connectivity index (χ0n) is 34.3. The summed E-state index contributed by atoms with van der Waals surface area (Å²) in [5.41, 5.74) is 3.71. The van der Waals surface area contributed by atoms with Crippen molar-refractivity contribution in [3.63, 3.8) is 0 Å². The SMILES string of the molecule is CCCON=C(COc1ccc(CC(OCC)C(=O)O)cc1)c1nnc(-c2ccccc2)o1.CCOC(Cc1ccc(OCCC(C)=NOc2ccccc2)cc1)C(=O)O. The zero-order valence-corrected chi connectivity index (χ0v) is 34.3. The van der Waals surface area contributed by atoms with Crippen molar-refractivity contribution >= 4 is 23.4 Å². The van der Waals surface area contributed by atoms with E-state index in [1.54, 1.807) is 38.1 Å². The molecule has 15 nitrogen and oxygen atoms in total. The Labute approximate surface area is 349 Å². The summed E-state index contributed by atoms with van der Waals surface area (Å²) in [4.78, 5) is 33.1. The van der Waals surface area contributed by atoms with Crippen LogP contribution in [0.15, 0.2) is 124 Å². The van der Waals surface area contributed by atoms with Gasteiger partial charge in [-0.1, -0.05) is 77.9 Å². The molecule has 0 amide bonds. The van der Waals surface area contributed by atoms with E-state index in [1.165, 1.54) is 0 Å². The highest BCUT2D eigenvalue weighted by atomic mass is 16.6. The summed E-state index contributed by atoms with van der Waals surface area (Å²) in [7, 11) is 0. The Balaban J connectivity index is 0.000000270. The number of hydrogen-bond acceptors (Lipinski definition) is 13. The van der Waals surface area contributed by atoms with Crippen molar-refractivity contribution in [2.24, 2.45) is 10.3 Å². The summed E-state index contributed by atoms with van der Waals surface area (Å²) in [5.74, 6) is 0.638. The van der Waals surface area contributed by atoms with Gasteiger partial charge in [0.1, 0.15) is 24.7 Å². The predicted octanol–water partition coefficient (Wildman–Crippen LogP) is 7.92. The molecule has 2 unspecified atom stereocenters. The minimum Gasteiger partial charge on any atom is -0.493 e. The first-order chi connectivity index (χ1) is 29.2. The summed E-state index contributed by atoms with van der Waals surface area (Å²) in [6.45, 7) is 9.09. The van der Waals surface area contributed by atoms with Gasteiger partial charge in [-0.25, -0.2) is 9.59 Å². The number of aliphatic carboxylic acids is 2. The Morgan fingerprint density at radius 3 is 1.75 bits per heavy atom. The number of oxime groups is 2. The number of benzene rings is 4. The van der Waals surface area contributed by atoms with E-state index in [2.05, 4.69) is 20.5 Å². The monoisotopic (exact) mass is 824 g/mol. The number of carbonyl (C=O) groups is 2. The quantitative estimate of drug-likeness (QED) is 0.0347. The smallest absolute Gasteiger partial charge is 0.333 e. The molecule has 0 saturated carbocycles. The lowest BCUT2D eigenvalue weighted by atomic mass is 10.1. The van der Waals surface area contributed by atoms with Gasteiger partial charge in [0.05, 0.1) is 12.3 Å². The molecule has 0 saturated heterocycles. The number of nitrogens with zero attached hydrogens (tertiary/aromatic N) is 4. The second-order valence-corrected chi connectivity index (χ2v) is 13.0. The summed E-state index contributed by atoms with van der Waals surface area (Å²) in [6.07, 6.45) is 0.326. The van der Waals surface area contributed by atoms with Crippen LogP contribution >= 0.6 is 0 Å². The number of para-hydroxylation sites is 1. The van der Waals surface area contributed by atoms with E-state index in [-0.39, 0.29) is 18.9 Å². The Morgan fingerprint density at radius 1 is 0.667 bits per heavy atom. The van der Waals surface area contributed by atoms with Crippen LogP contribution in [0.2, 0.25) is 0 Å². The van der Waals surface area contributed by atoms with Gasteiger partial charge >= 0.3 is 11.9 Å². The Hall–Kier alpha value is -6.58. The molecule has 4 aromatic carbocycles. The molecule has 0 fully saturated rings. The molecule has 5 aromatic rings. The summed E-state index contributed by atoms with van der Waals surface area (Å²) in [5, 5.41) is 34.7. The second kappa shape index (κ2) is 25.7. The van der Waals surface area contributed by atoms with Crippen molar-refractivity contribution in [3.8, 4) is 28.7 Å². The average Bonchev–Trinajstić information content (AvgIpc) is 3.76. The van der Waals surface area contributed by atoms with Crippen molar-refractivity contribution in [2.45, 2.75) is 65.6 Å². The van der Waals surface area contributed by atoms with Crippen molar-refractivity contribution in [2.75, 3.05) is 33.0 Å². The highest BCUT2D eigenvalue weighted by molar-refractivity contribution is 5.97. The number of carboxylic acid groups (broad SMARTS) is 2. The van der Waals surface area contributed by atoms with E-state index in [0.717, 1.165) is 34.6 Å². The first-order valence-corrected chi connectivity index (χ1v) is 19.6. The van der Waals surface area contributed by atoms with Crippen molar-refractivity contribution in [1.29, 1.82) is 0 Å². The van der Waals surface area contributed by atoms with Gasteiger partial charge in [-0.05, 0) is 86.8 Å². The highest BCUT2D eigenvalue weighted by Gasteiger charge is 2.20. The van der Waals surface area contributed by atoms with Crippen molar-refractivity contribution < 1.29 is 52.8 Å². The highest BCUT2D eigenvalue weighted by Crippen LogP contribution is 2.20. The van der Waals surface area contributed by atoms with Crippen LogP contribution in [0, 0.1) is 0 Å². The van der Waals surface area contributed by atoms with E-state index in [1.807, 2.05) is 98.8 Å². The van der Waals surface area contributed by atoms with Gasteiger partial charge in [0, 0.05) is 38.0 Å². The van der Waals surface area contributed by atoms with Crippen molar-refractivity contribution in [1.82, 2.24) is 10.2 Å². The van der Waals surface area contributed by atoms with Gasteiger partial charge in [0.25, 0.3) is 5.89 Å². The topological polar surface area (TPSA) is 194 Å². The molecule has 318 valence electrons. The fourth-order valence-corrected chi connectivity index (χ4v) is 5.21. The molecule has 0 bridgehead atoms. The van der Waals surface area contributed by atoms with Gasteiger partial charge in [-0.2, -0.15) is 0 Å². The maximum atomic E-state index is 11.3. The van der Waals surface area contributed by atoms with Crippen LogP contribution < -0.4 is 14.3 Å². The lowest BCUT2D eigenvalue weighted by Gasteiger charge is -2.13. The largest absolute Gasteiger partial charge is 0.493 e. The number of ether oxygens (including phenoxy) is 4. The molecular weight excluding hydrogens is 773 g/mol. The molecule has 15 heteroatoms. The molecule has 2 atom stereocenters. The molecular formula is C45H52N4O11. The average molecular weight is 825 g/mol. The summed E-state index contributed by atoms with van der Waals surface area (Å²) >= 11 is 0. The first-order valence-electron chi connectivity index (χ1n) is 19.6. The lowest BCUT2D eigenvalue weighted by Crippen LogP contribution is -2.26. The normalized spacial score (nSPS) is 12.4. The fourth-order valence-electron chi connectivity index (χ4n) is 5.21. The minimum absolute atomic E-state index is 0.0518. The van der Waals surface area contributed by atoms with Gasteiger partial charge in [0.2, 0.25) is 5.89 Å². The van der Waals surface area contributed by atoms with Crippen LogP contribution in [0.25, 0.3) is 11.5 Å². The molecule has 0 aliphatic heterocycles. The Kier molecular flexibility index (Phi) is 19.8. The first kappa shape index (κ1) is 46.1. The summed E-state index contributed by atoms with van der Waals surface area (Å²) < 4.78 is 27.8. The molecule has 0 aliphatic rings. The van der Waals surface area contributed by atoms with Crippen LogP contribution in [-0.2, 0) is 36.7 Å². The second-order valence-electron chi connectivity index (χ2n) is 13.0. The lowest BCUT2D eigenvalue weighted by molar-refractivity contribution is -0.150. The van der Waals surface area contributed by atoms with Gasteiger partial charge in [-0.3, -0.25) is 0 Å². The summed E-state index contributed by atoms with van der Waals surface area (Å²) in [6, 6.07) is 33.3. The maximum absolute atomic E-state index is 11.3. The number of hydrogen-bond donors (Lipinski definition) is 2. The van der Waals surface area contributed by atoms with E-state index >= 15 is 0 Å². The number of aromatic nitrogens is 2. The van der Waals surface area contributed by atoms with Crippen LogP contribution in [0.3, 0.4) is 0 Å². The molecule has 2 N–H and O–H groups in total. The van der Waals surface area contributed by atoms with Gasteiger partial charge in [-0.15, -0.1) is 10.2 Å². The maximum Gasteiger partial charge on any atom is 0.333 e. The molecule has 0 aliphatic carbocycles. The number of carboxylic acids is 2. The van der Waals surface area contributed by atoms with Gasteiger partial charge in [0.15, 0.2) is 23.7 Å². The van der Waals surface area contributed by atoms with Gasteiger partial charge < -0.3 is 43.3 Å².